The van der Waals surface area contributed by atoms with E-state index in [1.165, 1.54) is 11.3 Å². The largest absolute Gasteiger partial charge is 0.459 e. The number of hydrogen-bond donors (Lipinski definition) is 2. The van der Waals surface area contributed by atoms with Crippen molar-refractivity contribution < 1.29 is 9.26 Å². The molecule has 0 amide bonds. The summed E-state index contributed by atoms with van der Waals surface area (Å²) in [4.78, 5) is 20.3. The fourth-order valence-corrected chi connectivity index (χ4v) is 8.08. The first kappa shape index (κ1) is 27.9. The summed E-state index contributed by atoms with van der Waals surface area (Å²) in [5.41, 5.74) is 7.64. The number of nitrogen functional groups attached to an aromatic ring is 1. The highest BCUT2D eigenvalue weighted by Gasteiger charge is 2.43. The van der Waals surface area contributed by atoms with Crippen molar-refractivity contribution in [3.05, 3.63) is 28.0 Å². The molecule has 3 N–H and O–H groups in total. The molecule has 0 radical (unpaired) electrons. The van der Waals surface area contributed by atoms with Crippen LogP contribution in [0.5, 0.6) is 6.01 Å². The average molecular weight is 578 g/mol. The van der Waals surface area contributed by atoms with Gasteiger partial charge in [-0.2, -0.15) is 20.2 Å². The summed E-state index contributed by atoms with van der Waals surface area (Å²) in [6.45, 7) is 11.2. The number of hydrogen-bond acceptors (Lipinski definition) is 12. The van der Waals surface area contributed by atoms with E-state index in [4.69, 9.17) is 29.9 Å². The number of anilines is 2. The van der Waals surface area contributed by atoms with Crippen LogP contribution >= 0.6 is 11.3 Å². The number of fused-ring (bicyclic) bond motifs is 1. The summed E-state index contributed by atoms with van der Waals surface area (Å²) in [6, 6.07) is 5.51. The first-order chi connectivity index (χ1) is 19.7. The Morgan fingerprint density at radius 2 is 2.02 bits per heavy atom. The molecule has 11 nitrogen and oxygen atoms in total. The van der Waals surface area contributed by atoms with E-state index < -0.39 is 5.41 Å². The molecule has 2 aliphatic heterocycles. The summed E-state index contributed by atoms with van der Waals surface area (Å²) in [5.74, 6) is 1.63. The smallest absolute Gasteiger partial charge is 0.319 e. The molecule has 41 heavy (non-hydrogen) atoms. The van der Waals surface area contributed by atoms with E-state index in [9.17, 15) is 5.26 Å². The molecule has 12 heteroatoms. The molecule has 0 spiro atoms. The molecule has 0 aromatic carbocycles. The molecule has 5 atom stereocenters. The second-order valence-corrected chi connectivity index (χ2v) is 13.3. The standard InChI is InChI=1S/C29H39N9O2S/c1-16-14-38(15-17(2)32-16)23-12-20(33-28(34-23)39-18(3)21-8-7-11-37(21)5)26-35-27(40-36-26)29(4)10-6-9-22-24(29)19(13-30)25(31)41-22/h12,16-18,21,32H,6-11,14-15,31H2,1-5H3/t16-,17-,18-,21-,29-/m0/s1. The van der Waals surface area contributed by atoms with E-state index in [1.54, 1.807) is 0 Å². The molecule has 3 aromatic heterocycles. The average Bonchev–Trinajstić information content (AvgIpc) is 3.67. The lowest BCUT2D eigenvalue weighted by molar-refractivity contribution is 0.112. The van der Waals surface area contributed by atoms with Gasteiger partial charge in [0.2, 0.25) is 11.7 Å². The summed E-state index contributed by atoms with van der Waals surface area (Å²) in [6.07, 6.45) is 4.82. The molecule has 3 aromatic rings. The van der Waals surface area contributed by atoms with Crippen LogP contribution in [0.25, 0.3) is 11.5 Å². The van der Waals surface area contributed by atoms with Crippen LogP contribution < -0.4 is 20.7 Å². The van der Waals surface area contributed by atoms with Crippen LogP contribution in [-0.2, 0) is 11.8 Å². The van der Waals surface area contributed by atoms with Gasteiger partial charge in [0.15, 0.2) is 0 Å². The van der Waals surface area contributed by atoms with Crippen LogP contribution in [0.3, 0.4) is 0 Å². The maximum atomic E-state index is 9.88. The number of aryl methyl sites for hydroxylation is 1. The lowest BCUT2D eigenvalue weighted by atomic mass is 9.72. The van der Waals surface area contributed by atoms with Crippen molar-refractivity contribution in [3.8, 4) is 23.6 Å². The molecule has 6 rings (SSSR count). The molecule has 3 aliphatic rings. The van der Waals surface area contributed by atoms with Crippen molar-refractivity contribution in [2.75, 3.05) is 37.3 Å². The lowest BCUT2D eigenvalue weighted by Crippen LogP contribution is -2.54. The van der Waals surface area contributed by atoms with E-state index in [0.29, 0.717) is 52.1 Å². The van der Waals surface area contributed by atoms with Crippen LogP contribution in [0.15, 0.2) is 10.6 Å². The molecule has 5 heterocycles. The van der Waals surface area contributed by atoms with Crippen LogP contribution in [0, 0.1) is 11.3 Å². The Bertz CT molecular complexity index is 1450. The third kappa shape index (κ3) is 5.15. The van der Waals surface area contributed by atoms with E-state index in [-0.39, 0.29) is 6.10 Å². The SMILES string of the molecule is C[C@H](Oc1nc(-c2noc([C@@]3(C)CCCc4sc(N)c(C#N)c43)n2)cc(N2C[C@H](C)N[C@@H](C)C2)n1)[C@@H]1CCCN1C. The molecular formula is C29H39N9O2S. The van der Waals surface area contributed by atoms with Gasteiger partial charge in [-0.3, -0.25) is 4.90 Å². The second kappa shape index (κ2) is 10.9. The van der Waals surface area contributed by atoms with Gasteiger partial charge in [0, 0.05) is 47.7 Å². The predicted molar refractivity (Wildman–Crippen MR) is 158 cm³/mol. The van der Waals surface area contributed by atoms with E-state index >= 15 is 0 Å². The topological polar surface area (TPSA) is 142 Å². The van der Waals surface area contributed by atoms with Crippen LogP contribution in [0.2, 0.25) is 0 Å². The van der Waals surface area contributed by atoms with Gasteiger partial charge >= 0.3 is 6.01 Å². The number of ether oxygens (including phenoxy) is 1. The van der Waals surface area contributed by atoms with Crippen molar-refractivity contribution in [1.29, 1.82) is 5.26 Å². The van der Waals surface area contributed by atoms with Crippen molar-refractivity contribution in [3.63, 3.8) is 0 Å². The third-order valence-corrected chi connectivity index (χ3v) is 9.94. The zero-order valence-corrected chi connectivity index (χ0v) is 25.3. The summed E-state index contributed by atoms with van der Waals surface area (Å²) >= 11 is 1.49. The van der Waals surface area contributed by atoms with Crippen LogP contribution in [-0.4, -0.2) is 75.9 Å². The number of aromatic nitrogens is 4. The fraction of sp³-hybridized carbons (Fsp3) is 0.621. The zero-order valence-electron chi connectivity index (χ0n) is 24.5. The molecule has 0 bridgehead atoms. The minimum atomic E-state index is -0.599. The third-order valence-electron chi connectivity index (χ3n) is 8.86. The van der Waals surface area contributed by atoms with Gasteiger partial charge in [0.1, 0.15) is 28.7 Å². The highest BCUT2D eigenvalue weighted by atomic mass is 32.1. The van der Waals surface area contributed by atoms with Gasteiger partial charge in [-0.05, 0) is 73.4 Å². The van der Waals surface area contributed by atoms with Crippen LogP contribution in [0.1, 0.15) is 75.3 Å². The number of likely N-dealkylation sites (tertiary alicyclic amines) is 1. The Labute approximate surface area is 245 Å². The Hall–Kier alpha value is -3.27. The first-order valence-corrected chi connectivity index (χ1v) is 15.4. The van der Waals surface area contributed by atoms with E-state index in [2.05, 4.69) is 61.1 Å². The number of rotatable bonds is 6. The predicted octanol–water partition coefficient (Wildman–Crippen LogP) is 3.73. The quantitative estimate of drug-likeness (QED) is 0.442. The molecule has 0 unspecified atom stereocenters. The Morgan fingerprint density at radius 1 is 1.24 bits per heavy atom. The Kier molecular flexibility index (Phi) is 7.38. The maximum Gasteiger partial charge on any atom is 0.319 e. The number of nitrogens with two attached hydrogens (primary N) is 1. The van der Waals surface area contributed by atoms with Crippen molar-refractivity contribution in [2.45, 2.75) is 89.4 Å². The summed E-state index contributed by atoms with van der Waals surface area (Å²) < 4.78 is 12.3. The normalized spacial score (nSPS) is 27.4. The van der Waals surface area contributed by atoms with Gasteiger partial charge in [-0.15, -0.1) is 11.3 Å². The molecule has 218 valence electrons. The van der Waals surface area contributed by atoms with E-state index in [1.807, 2.05) is 6.07 Å². The summed E-state index contributed by atoms with van der Waals surface area (Å²) in [7, 11) is 2.14. The highest BCUT2D eigenvalue weighted by Crippen LogP contribution is 2.48. The number of piperazine rings is 1. The monoisotopic (exact) mass is 577 g/mol. The van der Waals surface area contributed by atoms with Crippen LogP contribution in [0.4, 0.5) is 10.8 Å². The maximum absolute atomic E-state index is 9.88. The van der Waals surface area contributed by atoms with Gasteiger partial charge < -0.3 is 25.2 Å². The number of nitriles is 1. The first-order valence-electron chi connectivity index (χ1n) is 14.6. The van der Waals surface area contributed by atoms with E-state index in [0.717, 1.165) is 68.0 Å². The minimum Gasteiger partial charge on any atom is -0.459 e. The van der Waals surface area contributed by atoms with Gasteiger partial charge in [0.25, 0.3) is 0 Å². The zero-order chi connectivity index (χ0) is 28.9. The Morgan fingerprint density at radius 3 is 2.73 bits per heavy atom. The molecule has 0 saturated carbocycles. The minimum absolute atomic E-state index is 0.0691. The fourth-order valence-electron chi connectivity index (χ4n) is 6.89. The Balaban J connectivity index is 1.37. The number of thiophene rings is 1. The van der Waals surface area contributed by atoms with Gasteiger partial charge in [-0.25, -0.2) is 0 Å². The molecule has 2 fully saturated rings. The molecule has 1 aliphatic carbocycles. The number of nitrogens with one attached hydrogen (secondary N) is 1. The van der Waals surface area contributed by atoms with Gasteiger partial charge in [-0.1, -0.05) is 5.16 Å². The highest BCUT2D eigenvalue weighted by molar-refractivity contribution is 7.16. The number of likely N-dealkylation sites (N-methyl/N-ethyl adjacent to an activating group) is 1. The summed E-state index contributed by atoms with van der Waals surface area (Å²) in [5, 5.41) is 18.4. The molecular weight excluding hydrogens is 538 g/mol. The van der Waals surface area contributed by atoms with Crippen molar-refractivity contribution in [1.82, 2.24) is 30.3 Å². The van der Waals surface area contributed by atoms with Crippen molar-refractivity contribution >= 4 is 22.2 Å². The molecule has 2 saturated heterocycles. The van der Waals surface area contributed by atoms with Gasteiger partial charge in [0.05, 0.1) is 11.0 Å². The second-order valence-electron chi connectivity index (χ2n) is 12.1. The lowest BCUT2D eigenvalue weighted by Gasteiger charge is -2.37. The van der Waals surface area contributed by atoms with Crippen molar-refractivity contribution in [2.24, 2.45) is 0 Å². The number of nitrogens with zero attached hydrogens (tertiary/aromatic N) is 7.